The van der Waals surface area contributed by atoms with E-state index >= 15 is 0 Å². The zero-order valence-corrected chi connectivity index (χ0v) is 11.4. The summed E-state index contributed by atoms with van der Waals surface area (Å²) < 4.78 is 5.43. The highest BCUT2D eigenvalue weighted by Gasteiger charge is 2.26. The summed E-state index contributed by atoms with van der Waals surface area (Å²) in [6.45, 7) is 1.53. The van der Waals surface area contributed by atoms with Gasteiger partial charge in [-0.15, -0.1) is 11.3 Å². The summed E-state index contributed by atoms with van der Waals surface area (Å²) in [6.07, 6.45) is 4.53. The highest BCUT2D eigenvalue weighted by molar-refractivity contribution is 7.19. The van der Waals surface area contributed by atoms with Gasteiger partial charge in [-0.25, -0.2) is 15.8 Å². The molecule has 1 aliphatic carbocycles. The molecule has 0 saturated carbocycles. The predicted molar refractivity (Wildman–Crippen MR) is 75.4 cm³/mol. The molecule has 19 heavy (non-hydrogen) atoms. The molecule has 6 heteroatoms. The Balaban J connectivity index is 1.90. The summed E-state index contributed by atoms with van der Waals surface area (Å²) in [7, 11) is 0. The summed E-state index contributed by atoms with van der Waals surface area (Å²) in [5.74, 6) is 7.64. The summed E-state index contributed by atoms with van der Waals surface area (Å²) in [5, 5.41) is 1.14. The van der Waals surface area contributed by atoms with Crippen molar-refractivity contribution in [3.63, 3.8) is 0 Å². The second-order valence-electron chi connectivity index (χ2n) is 5.17. The van der Waals surface area contributed by atoms with Gasteiger partial charge in [-0.1, -0.05) is 0 Å². The first-order valence-electron chi connectivity index (χ1n) is 6.73. The molecule has 2 aliphatic rings. The molecule has 3 N–H and O–H groups in total. The third-order valence-corrected chi connectivity index (χ3v) is 5.20. The zero-order chi connectivity index (χ0) is 12.8. The van der Waals surface area contributed by atoms with E-state index in [0.717, 1.165) is 47.9 Å². The first kappa shape index (κ1) is 11.6. The molecule has 100 valence electrons. The highest BCUT2D eigenvalue weighted by Crippen LogP contribution is 2.40. The van der Waals surface area contributed by atoms with Crippen molar-refractivity contribution in [1.82, 2.24) is 9.97 Å². The summed E-state index contributed by atoms with van der Waals surface area (Å²) in [5.41, 5.74) is 4.17. The number of hydrogen-bond acceptors (Lipinski definition) is 6. The molecule has 5 nitrogen and oxygen atoms in total. The second-order valence-corrected chi connectivity index (χ2v) is 6.26. The number of nitrogen functional groups attached to an aromatic ring is 1. The number of aromatic nitrogens is 2. The van der Waals surface area contributed by atoms with Gasteiger partial charge in [0.1, 0.15) is 10.7 Å². The summed E-state index contributed by atoms with van der Waals surface area (Å²) >= 11 is 1.80. The lowest BCUT2D eigenvalue weighted by atomic mass is 10.1. The van der Waals surface area contributed by atoms with Gasteiger partial charge >= 0.3 is 0 Å². The first-order chi connectivity index (χ1) is 9.36. The van der Waals surface area contributed by atoms with Crippen LogP contribution in [0.25, 0.3) is 10.2 Å². The van der Waals surface area contributed by atoms with Gasteiger partial charge in [-0.05, 0) is 31.2 Å². The summed E-state index contributed by atoms with van der Waals surface area (Å²) in [6, 6.07) is 0. The van der Waals surface area contributed by atoms with Gasteiger partial charge in [-0.3, -0.25) is 0 Å². The Morgan fingerprint density at radius 1 is 1.32 bits per heavy atom. The highest BCUT2D eigenvalue weighted by atomic mass is 32.1. The Bertz CT molecular complexity index is 633. The van der Waals surface area contributed by atoms with E-state index in [9.17, 15) is 0 Å². The minimum atomic E-state index is 0.313. The molecule has 1 fully saturated rings. The van der Waals surface area contributed by atoms with Crippen molar-refractivity contribution in [3.05, 3.63) is 16.3 Å². The number of rotatable bonds is 2. The van der Waals surface area contributed by atoms with Crippen LogP contribution in [0.5, 0.6) is 0 Å². The van der Waals surface area contributed by atoms with Crippen molar-refractivity contribution in [2.45, 2.75) is 31.6 Å². The number of nitrogens with one attached hydrogen (secondary N) is 1. The molecule has 0 amide bonds. The van der Waals surface area contributed by atoms with E-state index in [1.807, 2.05) is 0 Å². The maximum absolute atomic E-state index is 5.67. The van der Waals surface area contributed by atoms with E-state index in [1.54, 1.807) is 11.3 Å². The van der Waals surface area contributed by atoms with E-state index in [2.05, 4.69) is 10.4 Å². The Kier molecular flexibility index (Phi) is 2.68. The molecule has 2 aromatic rings. The van der Waals surface area contributed by atoms with Crippen LogP contribution in [-0.2, 0) is 17.6 Å². The molecule has 0 bridgehead atoms. The topological polar surface area (TPSA) is 73.1 Å². The average molecular weight is 276 g/mol. The minimum Gasteiger partial charge on any atom is -0.381 e. The van der Waals surface area contributed by atoms with Crippen LogP contribution >= 0.6 is 11.3 Å². The smallest absolute Gasteiger partial charge is 0.152 e. The standard InChI is InChI=1S/C13H16N4OS/c14-17-12-10-8-2-1-3-9(8)19-13(10)16-11(15-12)7-4-5-18-6-7/h7H,1-6,14H2,(H,15,16,17). The molecule has 1 saturated heterocycles. The fourth-order valence-electron chi connectivity index (χ4n) is 3.04. The largest absolute Gasteiger partial charge is 0.381 e. The number of ether oxygens (including phenoxy) is 1. The van der Waals surface area contributed by atoms with E-state index in [-0.39, 0.29) is 0 Å². The monoisotopic (exact) mass is 276 g/mol. The van der Waals surface area contributed by atoms with Gasteiger partial charge in [0.2, 0.25) is 0 Å². The van der Waals surface area contributed by atoms with Gasteiger partial charge in [0, 0.05) is 17.4 Å². The molecule has 4 rings (SSSR count). The van der Waals surface area contributed by atoms with E-state index in [0.29, 0.717) is 5.92 Å². The van der Waals surface area contributed by atoms with Crippen molar-refractivity contribution in [2.24, 2.45) is 5.84 Å². The normalized spacial score (nSPS) is 22.1. The Morgan fingerprint density at radius 2 is 2.26 bits per heavy atom. The van der Waals surface area contributed by atoms with Crippen molar-refractivity contribution in [3.8, 4) is 0 Å². The molecule has 2 aromatic heterocycles. The van der Waals surface area contributed by atoms with Gasteiger partial charge in [0.15, 0.2) is 5.82 Å². The molecular formula is C13H16N4OS. The van der Waals surface area contributed by atoms with Gasteiger partial charge in [0.05, 0.1) is 12.0 Å². The van der Waals surface area contributed by atoms with Gasteiger partial charge < -0.3 is 10.2 Å². The maximum Gasteiger partial charge on any atom is 0.152 e. The number of hydrogen-bond donors (Lipinski definition) is 2. The fraction of sp³-hybridized carbons (Fsp3) is 0.538. The zero-order valence-electron chi connectivity index (χ0n) is 10.6. The van der Waals surface area contributed by atoms with Crippen LogP contribution in [0, 0.1) is 0 Å². The van der Waals surface area contributed by atoms with Crippen molar-refractivity contribution >= 4 is 27.4 Å². The fourth-order valence-corrected chi connectivity index (χ4v) is 4.31. The number of fused-ring (bicyclic) bond motifs is 3. The second kappa shape index (κ2) is 4.40. The lowest BCUT2D eigenvalue weighted by Crippen LogP contribution is -2.13. The predicted octanol–water partition coefficient (Wildman–Crippen LogP) is 1.97. The SMILES string of the molecule is NNc1nc(C2CCOC2)nc2sc3c(c12)CCC3. The number of thiophene rings is 1. The van der Waals surface area contributed by atoms with Crippen molar-refractivity contribution < 1.29 is 4.74 Å². The molecule has 0 radical (unpaired) electrons. The third-order valence-electron chi connectivity index (χ3n) is 4.01. The van der Waals surface area contributed by atoms with Crippen LogP contribution < -0.4 is 11.3 Å². The molecule has 3 heterocycles. The third kappa shape index (κ3) is 1.74. The molecule has 0 spiro atoms. The van der Waals surface area contributed by atoms with Gasteiger partial charge in [-0.2, -0.15) is 0 Å². The number of hydrazine groups is 1. The molecule has 1 aliphatic heterocycles. The number of nitrogens with two attached hydrogens (primary N) is 1. The van der Waals surface area contributed by atoms with Crippen LogP contribution in [0.2, 0.25) is 0 Å². The lowest BCUT2D eigenvalue weighted by Gasteiger charge is -2.09. The lowest BCUT2D eigenvalue weighted by molar-refractivity contribution is 0.193. The Hall–Kier alpha value is -1.24. The van der Waals surface area contributed by atoms with Crippen LogP contribution in [0.4, 0.5) is 5.82 Å². The van der Waals surface area contributed by atoms with Crippen LogP contribution in [0.15, 0.2) is 0 Å². The first-order valence-corrected chi connectivity index (χ1v) is 7.55. The van der Waals surface area contributed by atoms with Crippen LogP contribution in [0.3, 0.4) is 0 Å². The van der Waals surface area contributed by atoms with E-state index in [1.165, 1.54) is 23.3 Å². The molecular weight excluding hydrogens is 260 g/mol. The summed E-state index contributed by atoms with van der Waals surface area (Å²) in [4.78, 5) is 11.9. The maximum atomic E-state index is 5.67. The quantitative estimate of drug-likeness (QED) is 0.648. The average Bonchev–Trinajstić information content (AvgIpc) is 3.13. The van der Waals surface area contributed by atoms with E-state index in [4.69, 9.17) is 15.6 Å². The van der Waals surface area contributed by atoms with Crippen molar-refractivity contribution in [2.75, 3.05) is 18.6 Å². The Labute approximate surface area is 115 Å². The minimum absolute atomic E-state index is 0.313. The molecule has 1 unspecified atom stereocenters. The molecule has 1 atom stereocenters. The van der Waals surface area contributed by atoms with Gasteiger partial charge in [0.25, 0.3) is 0 Å². The van der Waals surface area contributed by atoms with Crippen LogP contribution in [-0.4, -0.2) is 23.2 Å². The number of aryl methyl sites for hydroxylation is 2. The van der Waals surface area contributed by atoms with E-state index < -0.39 is 0 Å². The van der Waals surface area contributed by atoms with Crippen molar-refractivity contribution in [1.29, 1.82) is 0 Å². The van der Waals surface area contributed by atoms with Crippen LogP contribution in [0.1, 0.15) is 35.0 Å². The molecule has 0 aromatic carbocycles. The number of anilines is 1. The number of nitrogens with zero attached hydrogens (tertiary/aromatic N) is 2. The Morgan fingerprint density at radius 3 is 3.05 bits per heavy atom.